The summed E-state index contributed by atoms with van der Waals surface area (Å²) in [4.78, 5) is 50.4. The zero-order valence-electron chi connectivity index (χ0n) is 33.5. The van der Waals surface area contributed by atoms with E-state index in [1.54, 1.807) is 29.2 Å². The second-order valence-corrected chi connectivity index (χ2v) is 14.9. The molecule has 1 saturated heterocycles. The van der Waals surface area contributed by atoms with E-state index in [0.717, 1.165) is 29.7 Å². The van der Waals surface area contributed by atoms with Gasteiger partial charge in [-0.05, 0) is 79.1 Å². The predicted molar refractivity (Wildman–Crippen MR) is 233 cm³/mol. The van der Waals surface area contributed by atoms with Crippen LogP contribution in [0.5, 0.6) is 17.2 Å². The molecule has 0 radical (unpaired) electrons. The molecule has 16 nitrogen and oxygen atoms in total. The van der Waals surface area contributed by atoms with Crippen LogP contribution in [0.1, 0.15) is 35.7 Å². The van der Waals surface area contributed by atoms with E-state index in [0.29, 0.717) is 68.6 Å². The number of amides is 2. The van der Waals surface area contributed by atoms with Crippen LogP contribution in [0.25, 0.3) is 44.3 Å². The van der Waals surface area contributed by atoms with Crippen molar-refractivity contribution in [2.75, 3.05) is 51.8 Å². The topological polar surface area (TPSA) is 209 Å². The van der Waals surface area contributed by atoms with Gasteiger partial charge in [-0.2, -0.15) is 5.10 Å². The van der Waals surface area contributed by atoms with Gasteiger partial charge in [-0.25, -0.2) is 24.2 Å². The van der Waals surface area contributed by atoms with Crippen molar-refractivity contribution in [1.82, 2.24) is 34.9 Å². The number of para-hydroxylation sites is 1. The molecule has 8 rings (SSSR count). The number of carbonyl (C=O) groups is 3. The SMILES string of the molecule is Nc1ncnc2c1c(-c1ccc(Oc3ccccc3)cc1)nn2[C@@H]1CCCN(C(=O)OCCOCCC(=O)NCCOc2ccc(-c3cc4c(C(=O)O)c[nH]c4cc3Cl)cc2)C1. The first kappa shape index (κ1) is 41.6. The molecule has 2 amide bonds. The lowest BCUT2D eigenvalue weighted by atomic mass is 10.0. The molecule has 1 aliphatic rings. The molecule has 0 aliphatic carbocycles. The van der Waals surface area contributed by atoms with Gasteiger partial charge < -0.3 is 45.0 Å². The van der Waals surface area contributed by atoms with Crippen molar-refractivity contribution >= 4 is 57.3 Å². The highest BCUT2D eigenvalue weighted by Gasteiger charge is 2.29. The Morgan fingerprint density at radius 1 is 0.903 bits per heavy atom. The maximum Gasteiger partial charge on any atom is 0.409 e. The molecule has 62 heavy (non-hydrogen) atoms. The Kier molecular flexibility index (Phi) is 12.8. The van der Waals surface area contributed by atoms with Crippen molar-refractivity contribution in [2.45, 2.75) is 25.3 Å². The van der Waals surface area contributed by atoms with Crippen molar-refractivity contribution in [3.63, 3.8) is 0 Å². The van der Waals surface area contributed by atoms with Crippen molar-refractivity contribution < 1.29 is 38.4 Å². The number of aromatic nitrogens is 5. The number of carboxylic acids is 1. The number of H-pyrrole nitrogens is 1. The summed E-state index contributed by atoms with van der Waals surface area (Å²) in [5.41, 5.74) is 10.7. The van der Waals surface area contributed by atoms with Crippen LogP contribution in [0.4, 0.5) is 10.6 Å². The standard InChI is InChI=1S/C45H43ClN8O8/c46-37-24-38-35(36(25-49-38)44(56)57)23-34(37)28-8-12-31(13-9-28)60-20-17-48-39(55)16-19-59-21-22-61-45(58)53-18-4-5-30(26-53)54-43-40(42(47)50-27-51-43)41(52-54)29-10-14-33(15-11-29)62-32-6-2-1-3-7-32/h1-3,6-15,23-25,27,30,49H,4-5,16-22,26H2,(H,48,55)(H,56,57)(H2,47,50,51)/t30-/m1/s1. The summed E-state index contributed by atoms with van der Waals surface area (Å²) in [5, 5.41) is 18.9. The highest BCUT2D eigenvalue weighted by molar-refractivity contribution is 6.34. The average Bonchev–Trinajstić information content (AvgIpc) is 3.89. The Labute approximate surface area is 360 Å². The lowest BCUT2D eigenvalue weighted by Gasteiger charge is -2.32. The number of hydrogen-bond acceptors (Lipinski definition) is 11. The monoisotopic (exact) mass is 858 g/mol. The Bertz CT molecular complexity index is 2690. The lowest BCUT2D eigenvalue weighted by Crippen LogP contribution is -2.41. The van der Waals surface area contributed by atoms with Gasteiger partial charge in [0.2, 0.25) is 5.91 Å². The number of piperidine rings is 1. The molecule has 0 saturated carbocycles. The van der Waals surface area contributed by atoms with Gasteiger partial charge in [-0.3, -0.25) is 4.79 Å². The molecule has 17 heteroatoms. The Morgan fingerprint density at radius 3 is 2.45 bits per heavy atom. The van der Waals surface area contributed by atoms with E-state index in [-0.39, 0.29) is 56.9 Å². The zero-order chi connectivity index (χ0) is 43.0. The number of carboxylic acid groups (broad SMARTS) is 1. The number of nitrogens with zero attached hydrogens (tertiary/aromatic N) is 5. The predicted octanol–water partition coefficient (Wildman–Crippen LogP) is 7.74. The van der Waals surface area contributed by atoms with Crippen LogP contribution in [0.15, 0.2) is 104 Å². The number of nitrogen functional groups attached to an aromatic ring is 1. The first-order valence-corrected chi connectivity index (χ1v) is 20.4. The van der Waals surface area contributed by atoms with Crippen molar-refractivity contribution in [2.24, 2.45) is 0 Å². The molecule has 4 aromatic carbocycles. The van der Waals surface area contributed by atoms with Crippen LogP contribution < -0.4 is 20.5 Å². The van der Waals surface area contributed by atoms with Gasteiger partial charge in [0.05, 0.1) is 41.8 Å². The molecule has 3 aromatic heterocycles. The number of rotatable bonds is 16. The number of aromatic carboxylic acids is 1. The normalized spacial score (nSPS) is 13.9. The van der Waals surface area contributed by atoms with E-state index in [1.165, 1.54) is 12.5 Å². The van der Waals surface area contributed by atoms with Gasteiger partial charge in [0.15, 0.2) is 5.65 Å². The van der Waals surface area contributed by atoms with Crippen LogP contribution >= 0.6 is 11.6 Å². The van der Waals surface area contributed by atoms with E-state index in [2.05, 4.69) is 20.3 Å². The molecule has 5 N–H and O–H groups in total. The fourth-order valence-corrected chi connectivity index (χ4v) is 7.62. The smallest absolute Gasteiger partial charge is 0.409 e. The van der Waals surface area contributed by atoms with Crippen LogP contribution in [0.2, 0.25) is 5.02 Å². The number of fused-ring (bicyclic) bond motifs is 2. The highest BCUT2D eigenvalue weighted by atomic mass is 35.5. The quantitative estimate of drug-likeness (QED) is 0.0688. The minimum absolute atomic E-state index is 0.0349. The number of nitrogens with two attached hydrogens (primary N) is 1. The minimum Gasteiger partial charge on any atom is -0.492 e. The molecule has 4 heterocycles. The molecular weight excluding hydrogens is 816 g/mol. The van der Waals surface area contributed by atoms with Crippen molar-refractivity contribution in [3.05, 3.63) is 114 Å². The number of aromatic amines is 1. The van der Waals surface area contributed by atoms with E-state index >= 15 is 0 Å². The van der Waals surface area contributed by atoms with Crippen molar-refractivity contribution in [3.8, 4) is 39.6 Å². The summed E-state index contributed by atoms with van der Waals surface area (Å²) in [7, 11) is 0. The molecule has 0 unspecified atom stereocenters. The summed E-state index contributed by atoms with van der Waals surface area (Å²) in [6.45, 7) is 1.77. The summed E-state index contributed by atoms with van der Waals surface area (Å²) in [5.74, 6) is 1.10. The number of hydrogen-bond donors (Lipinski definition) is 4. The summed E-state index contributed by atoms with van der Waals surface area (Å²) >= 11 is 6.49. The van der Waals surface area contributed by atoms with Crippen LogP contribution in [-0.4, -0.2) is 98.8 Å². The largest absolute Gasteiger partial charge is 0.492 e. The number of anilines is 1. The maximum absolute atomic E-state index is 13.1. The van der Waals surface area contributed by atoms with Crippen LogP contribution in [0.3, 0.4) is 0 Å². The van der Waals surface area contributed by atoms with E-state index in [4.69, 9.17) is 41.4 Å². The fraction of sp³-hybridized carbons (Fsp3) is 0.244. The molecule has 1 fully saturated rings. The molecule has 7 aromatic rings. The van der Waals surface area contributed by atoms with Gasteiger partial charge in [0.25, 0.3) is 0 Å². The number of likely N-dealkylation sites (tertiary alicyclic amines) is 1. The van der Waals surface area contributed by atoms with E-state index in [1.807, 2.05) is 71.4 Å². The number of halogens is 1. The third-order valence-corrected chi connectivity index (χ3v) is 10.7. The zero-order valence-corrected chi connectivity index (χ0v) is 34.2. The van der Waals surface area contributed by atoms with Gasteiger partial charge in [0.1, 0.15) is 48.3 Å². The number of nitrogens with one attached hydrogen (secondary N) is 2. The number of ether oxygens (including phenoxy) is 4. The lowest BCUT2D eigenvalue weighted by molar-refractivity contribution is -0.122. The average molecular weight is 859 g/mol. The number of carbonyl (C=O) groups excluding carboxylic acids is 2. The summed E-state index contributed by atoms with van der Waals surface area (Å²) < 4.78 is 24.7. The van der Waals surface area contributed by atoms with Crippen molar-refractivity contribution in [1.29, 1.82) is 0 Å². The first-order chi connectivity index (χ1) is 30.2. The Morgan fingerprint density at radius 2 is 1.66 bits per heavy atom. The van der Waals surface area contributed by atoms with Gasteiger partial charge in [0, 0.05) is 47.7 Å². The van der Waals surface area contributed by atoms with E-state index in [9.17, 15) is 19.5 Å². The second kappa shape index (κ2) is 19.0. The number of benzene rings is 4. The molecule has 318 valence electrons. The van der Waals surface area contributed by atoms with Gasteiger partial charge in [-0.15, -0.1) is 0 Å². The molecule has 1 atom stereocenters. The van der Waals surface area contributed by atoms with Crippen LogP contribution in [0, 0.1) is 0 Å². The Balaban J connectivity index is 0.748. The molecule has 0 bridgehead atoms. The van der Waals surface area contributed by atoms with Gasteiger partial charge in [-0.1, -0.05) is 41.9 Å². The minimum atomic E-state index is -1.02. The maximum atomic E-state index is 13.1. The first-order valence-electron chi connectivity index (χ1n) is 20.1. The second-order valence-electron chi connectivity index (χ2n) is 14.5. The Hall–Kier alpha value is -7.17. The highest BCUT2D eigenvalue weighted by Crippen LogP contribution is 2.36. The van der Waals surface area contributed by atoms with Gasteiger partial charge >= 0.3 is 12.1 Å². The van der Waals surface area contributed by atoms with E-state index < -0.39 is 12.1 Å². The van der Waals surface area contributed by atoms with Crippen LogP contribution in [-0.2, 0) is 14.3 Å². The third kappa shape index (κ3) is 9.56. The molecule has 1 aliphatic heterocycles. The fourth-order valence-electron chi connectivity index (χ4n) is 7.34. The molecular formula is C45H43ClN8O8. The molecule has 0 spiro atoms. The third-order valence-electron chi connectivity index (χ3n) is 10.4. The summed E-state index contributed by atoms with van der Waals surface area (Å²) in [6, 6.07) is 27.6. The summed E-state index contributed by atoms with van der Waals surface area (Å²) in [6.07, 6.45) is 4.05.